The van der Waals surface area contributed by atoms with E-state index < -0.39 is 0 Å². The maximum atomic E-state index is 12.8. The first-order valence-electron chi connectivity index (χ1n) is 8.45. The molecule has 0 saturated heterocycles. The van der Waals surface area contributed by atoms with Gasteiger partial charge in [0.1, 0.15) is 5.01 Å². The van der Waals surface area contributed by atoms with Gasteiger partial charge in [-0.2, -0.15) is 0 Å². The number of amides is 2. The Labute approximate surface area is 172 Å². The van der Waals surface area contributed by atoms with Crippen LogP contribution >= 0.6 is 34.5 Å². The highest BCUT2D eigenvalue weighted by Gasteiger charge is 2.18. The molecular weight excluding hydrogens is 401 g/mol. The van der Waals surface area contributed by atoms with Crippen LogP contribution in [0.25, 0.3) is 10.6 Å². The van der Waals surface area contributed by atoms with Crippen LogP contribution < -0.4 is 5.32 Å². The van der Waals surface area contributed by atoms with Gasteiger partial charge in [-0.1, -0.05) is 41.4 Å². The van der Waals surface area contributed by atoms with Gasteiger partial charge in [-0.15, -0.1) is 11.3 Å². The summed E-state index contributed by atoms with van der Waals surface area (Å²) >= 11 is 13.6. The molecular formula is C20H19Cl2N3OS. The van der Waals surface area contributed by atoms with Gasteiger partial charge in [0, 0.05) is 35.4 Å². The van der Waals surface area contributed by atoms with Gasteiger partial charge < -0.3 is 10.2 Å². The number of nitrogens with zero attached hydrogens (tertiary/aromatic N) is 2. The Kier molecular flexibility index (Phi) is 6.37. The number of nitrogens with one attached hydrogen (secondary N) is 1. The van der Waals surface area contributed by atoms with Crippen molar-refractivity contribution in [1.82, 2.24) is 9.88 Å². The molecule has 3 rings (SSSR count). The minimum Gasteiger partial charge on any atom is -0.318 e. The molecule has 27 heavy (non-hydrogen) atoms. The Morgan fingerprint density at radius 3 is 2.67 bits per heavy atom. The van der Waals surface area contributed by atoms with Crippen molar-refractivity contribution in [2.24, 2.45) is 0 Å². The van der Waals surface area contributed by atoms with E-state index in [-0.39, 0.29) is 12.1 Å². The summed E-state index contributed by atoms with van der Waals surface area (Å²) in [6.07, 6.45) is 1.79. The first kappa shape index (κ1) is 19.7. The minimum absolute atomic E-state index is 0.0243. The number of hydrogen-bond acceptors (Lipinski definition) is 3. The predicted molar refractivity (Wildman–Crippen MR) is 114 cm³/mol. The summed E-state index contributed by atoms with van der Waals surface area (Å²) in [6, 6.07) is 13.0. The summed E-state index contributed by atoms with van der Waals surface area (Å²) in [5.41, 5.74) is 2.70. The van der Waals surface area contributed by atoms with Crippen LogP contribution in [0, 0.1) is 0 Å². The van der Waals surface area contributed by atoms with Crippen LogP contribution in [0.4, 0.5) is 10.5 Å². The Morgan fingerprint density at radius 1 is 1.19 bits per heavy atom. The SMILES string of the molecule is CC(C)N(Cc1cccc(-c2nccs2)c1)C(=O)Nc1ccc(Cl)c(Cl)c1. The lowest BCUT2D eigenvalue weighted by atomic mass is 10.1. The van der Waals surface area contributed by atoms with E-state index in [0.717, 1.165) is 16.1 Å². The summed E-state index contributed by atoms with van der Waals surface area (Å²) in [6.45, 7) is 4.46. The van der Waals surface area contributed by atoms with Crippen LogP contribution in [-0.4, -0.2) is 22.0 Å². The van der Waals surface area contributed by atoms with Crippen LogP contribution in [0.5, 0.6) is 0 Å². The fraction of sp³-hybridized carbons (Fsp3) is 0.200. The molecule has 140 valence electrons. The number of benzene rings is 2. The number of carbonyl (C=O) groups excluding carboxylic acids is 1. The zero-order valence-electron chi connectivity index (χ0n) is 14.9. The van der Waals surface area contributed by atoms with E-state index in [9.17, 15) is 4.79 Å². The molecule has 0 aliphatic heterocycles. The van der Waals surface area contributed by atoms with E-state index in [4.69, 9.17) is 23.2 Å². The average molecular weight is 420 g/mol. The highest BCUT2D eigenvalue weighted by molar-refractivity contribution is 7.13. The molecule has 4 nitrogen and oxygen atoms in total. The fourth-order valence-corrected chi connectivity index (χ4v) is 3.56. The second-order valence-electron chi connectivity index (χ2n) is 6.32. The van der Waals surface area contributed by atoms with E-state index in [1.54, 1.807) is 40.6 Å². The minimum atomic E-state index is -0.192. The number of thiazole rings is 1. The van der Waals surface area contributed by atoms with Gasteiger partial charge in [-0.25, -0.2) is 9.78 Å². The van der Waals surface area contributed by atoms with Gasteiger partial charge in [0.2, 0.25) is 0 Å². The van der Waals surface area contributed by atoms with Crippen LogP contribution in [0.15, 0.2) is 54.0 Å². The number of halogens is 2. The smallest absolute Gasteiger partial charge is 0.318 e. The molecule has 0 radical (unpaired) electrons. The summed E-state index contributed by atoms with van der Waals surface area (Å²) in [5, 5.41) is 6.66. The fourth-order valence-electron chi connectivity index (χ4n) is 2.62. The van der Waals surface area contributed by atoms with Crippen LogP contribution in [0.1, 0.15) is 19.4 Å². The topological polar surface area (TPSA) is 45.2 Å². The summed E-state index contributed by atoms with van der Waals surface area (Å²) < 4.78 is 0. The maximum Gasteiger partial charge on any atom is 0.322 e. The molecule has 1 N–H and O–H groups in total. The first-order valence-corrected chi connectivity index (χ1v) is 10.1. The lowest BCUT2D eigenvalue weighted by Crippen LogP contribution is -2.39. The number of hydrogen-bond donors (Lipinski definition) is 1. The Hall–Kier alpha value is -2.08. The molecule has 1 aromatic heterocycles. The third kappa shape index (κ3) is 5.01. The molecule has 0 spiro atoms. The summed E-state index contributed by atoms with van der Waals surface area (Å²) in [7, 11) is 0. The number of anilines is 1. The first-order chi connectivity index (χ1) is 12.9. The van der Waals surface area contributed by atoms with E-state index in [1.807, 2.05) is 37.4 Å². The molecule has 0 bridgehead atoms. The monoisotopic (exact) mass is 419 g/mol. The van der Waals surface area contributed by atoms with Gasteiger partial charge >= 0.3 is 6.03 Å². The van der Waals surface area contributed by atoms with Crippen molar-refractivity contribution in [2.45, 2.75) is 26.4 Å². The van der Waals surface area contributed by atoms with Crippen molar-refractivity contribution in [3.63, 3.8) is 0 Å². The Morgan fingerprint density at radius 2 is 2.00 bits per heavy atom. The van der Waals surface area contributed by atoms with Gasteiger partial charge in [0.15, 0.2) is 0 Å². The Balaban J connectivity index is 1.76. The van der Waals surface area contributed by atoms with Gasteiger partial charge in [-0.3, -0.25) is 0 Å². The number of aromatic nitrogens is 1. The van der Waals surface area contributed by atoms with Crippen molar-refractivity contribution < 1.29 is 4.79 Å². The van der Waals surface area contributed by atoms with Crippen LogP contribution in [0.2, 0.25) is 10.0 Å². The third-order valence-corrected chi connectivity index (χ3v) is 5.58. The van der Waals surface area contributed by atoms with Crippen LogP contribution in [-0.2, 0) is 6.54 Å². The second kappa shape index (κ2) is 8.74. The molecule has 0 fully saturated rings. The van der Waals surface area contributed by atoms with Crippen LogP contribution in [0.3, 0.4) is 0 Å². The van der Waals surface area contributed by atoms with Gasteiger partial charge in [0.25, 0.3) is 0 Å². The van der Waals surface area contributed by atoms with E-state index >= 15 is 0 Å². The van der Waals surface area contributed by atoms with Crippen molar-refractivity contribution in [2.75, 3.05) is 5.32 Å². The molecule has 0 atom stereocenters. The molecule has 0 unspecified atom stereocenters. The molecule has 3 aromatic rings. The lowest BCUT2D eigenvalue weighted by molar-refractivity contribution is 0.193. The molecule has 2 amide bonds. The highest BCUT2D eigenvalue weighted by Crippen LogP contribution is 2.26. The zero-order valence-corrected chi connectivity index (χ0v) is 17.3. The highest BCUT2D eigenvalue weighted by atomic mass is 35.5. The predicted octanol–water partition coefficient (Wildman–Crippen LogP) is 6.56. The maximum absolute atomic E-state index is 12.8. The number of urea groups is 1. The van der Waals surface area contributed by atoms with Crippen molar-refractivity contribution in [3.05, 3.63) is 69.7 Å². The van der Waals surface area contributed by atoms with E-state index in [0.29, 0.717) is 22.3 Å². The molecule has 1 heterocycles. The van der Waals surface area contributed by atoms with E-state index in [2.05, 4.69) is 16.4 Å². The standard InChI is InChI=1S/C20H19Cl2N3OS/c1-13(2)25(20(26)24-16-6-7-17(21)18(22)11-16)12-14-4-3-5-15(10-14)19-23-8-9-27-19/h3-11,13H,12H2,1-2H3,(H,24,26). The second-order valence-corrected chi connectivity index (χ2v) is 8.03. The number of carbonyl (C=O) groups is 1. The quantitative estimate of drug-likeness (QED) is 0.508. The molecule has 0 saturated carbocycles. The van der Waals surface area contributed by atoms with Crippen molar-refractivity contribution in [1.29, 1.82) is 0 Å². The molecule has 7 heteroatoms. The normalized spacial score (nSPS) is 10.9. The molecule has 0 aliphatic rings. The van der Waals surface area contributed by atoms with Gasteiger partial charge in [-0.05, 0) is 43.7 Å². The van der Waals surface area contributed by atoms with Gasteiger partial charge in [0.05, 0.1) is 10.0 Å². The lowest BCUT2D eigenvalue weighted by Gasteiger charge is -2.27. The Bertz CT molecular complexity index is 929. The number of rotatable bonds is 5. The summed E-state index contributed by atoms with van der Waals surface area (Å²) in [5.74, 6) is 0. The molecule has 0 aliphatic carbocycles. The zero-order chi connectivity index (χ0) is 19.4. The molecule has 2 aromatic carbocycles. The van der Waals surface area contributed by atoms with Crippen molar-refractivity contribution in [3.8, 4) is 10.6 Å². The third-order valence-electron chi connectivity index (χ3n) is 4.01. The largest absolute Gasteiger partial charge is 0.322 e. The van der Waals surface area contributed by atoms with E-state index in [1.165, 1.54) is 0 Å². The van der Waals surface area contributed by atoms with Crippen molar-refractivity contribution >= 4 is 46.3 Å². The average Bonchev–Trinajstić information content (AvgIpc) is 3.17. The summed E-state index contributed by atoms with van der Waals surface area (Å²) in [4.78, 5) is 18.9.